The van der Waals surface area contributed by atoms with Crippen LogP contribution in [0.25, 0.3) is 0 Å². The highest BCUT2D eigenvalue weighted by molar-refractivity contribution is 5.94. The second-order valence-corrected chi connectivity index (χ2v) is 7.31. The Kier molecular flexibility index (Phi) is 5.25. The van der Waals surface area contributed by atoms with Gasteiger partial charge in [0.1, 0.15) is 11.5 Å². The Morgan fingerprint density at radius 1 is 1.11 bits per heavy atom. The predicted molar refractivity (Wildman–Crippen MR) is 102 cm³/mol. The van der Waals surface area contributed by atoms with Gasteiger partial charge in [-0.1, -0.05) is 0 Å². The van der Waals surface area contributed by atoms with E-state index in [-0.39, 0.29) is 11.9 Å². The third-order valence-electron chi connectivity index (χ3n) is 5.41. The van der Waals surface area contributed by atoms with Crippen LogP contribution < -0.4 is 14.8 Å². The molecule has 1 aromatic heterocycles. The van der Waals surface area contributed by atoms with Gasteiger partial charge < -0.3 is 19.7 Å². The maximum absolute atomic E-state index is 12.6. The van der Waals surface area contributed by atoms with E-state index in [0.717, 1.165) is 18.9 Å². The Balaban J connectivity index is 1.35. The molecule has 1 N–H and O–H groups in total. The summed E-state index contributed by atoms with van der Waals surface area (Å²) < 4.78 is 10.8. The highest BCUT2D eigenvalue weighted by Gasteiger charge is 2.29. The van der Waals surface area contributed by atoms with Gasteiger partial charge in [0.2, 0.25) is 5.88 Å². The van der Waals surface area contributed by atoms with Crippen molar-refractivity contribution in [2.24, 2.45) is 5.92 Å². The third-order valence-corrected chi connectivity index (χ3v) is 5.41. The van der Waals surface area contributed by atoms with Crippen LogP contribution in [0.2, 0.25) is 0 Å². The molecule has 3 aliphatic heterocycles. The van der Waals surface area contributed by atoms with Gasteiger partial charge >= 0.3 is 0 Å². The molecular weight excluding hydrogens is 342 g/mol. The molecule has 1 unspecified atom stereocenters. The van der Waals surface area contributed by atoms with Crippen molar-refractivity contribution in [1.29, 1.82) is 0 Å². The number of piperidine rings is 1. The number of benzene rings is 1. The van der Waals surface area contributed by atoms with Gasteiger partial charge in [-0.05, 0) is 68.6 Å². The summed E-state index contributed by atoms with van der Waals surface area (Å²) in [5.74, 6) is 2.56. The molecule has 0 aliphatic carbocycles. The largest absolute Gasteiger partial charge is 0.481 e. The molecule has 6 nitrogen and oxygen atoms in total. The summed E-state index contributed by atoms with van der Waals surface area (Å²) in [6, 6.07) is 11.0. The number of hydrogen-bond acceptors (Lipinski definition) is 5. The smallest absolute Gasteiger partial charge is 0.251 e. The normalized spacial score (nSPS) is 24.1. The van der Waals surface area contributed by atoms with Gasteiger partial charge in [-0.25, -0.2) is 4.98 Å². The summed E-state index contributed by atoms with van der Waals surface area (Å²) in [5.41, 5.74) is 0.654. The molecule has 3 aliphatic rings. The molecule has 6 heteroatoms. The van der Waals surface area contributed by atoms with Gasteiger partial charge in [0.15, 0.2) is 0 Å². The zero-order valence-corrected chi connectivity index (χ0v) is 15.6. The van der Waals surface area contributed by atoms with Crippen molar-refractivity contribution in [3.63, 3.8) is 0 Å². The molecular formula is C21H25N3O3. The average molecular weight is 367 g/mol. The summed E-state index contributed by atoms with van der Waals surface area (Å²) in [5, 5.41) is 3.21. The molecule has 0 saturated carbocycles. The molecule has 4 heterocycles. The lowest BCUT2D eigenvalue weighted by Gasteiger charge is -2.26. The molecule has 0 radical (unpaired) electrons. The van der Waals surface area contributed by atoms with E-state index in [2.05, 4.69) is 15.2 Å². The second kappa shape index (κ2) is 7.96. The molecule has 3 fully saturated rings. The van der Waals surface area contributed by atoms with E-state index in [1.807, 2.05) is 0 Å². The predicted octanol–water partition coefficient (Wildman–Crippen LogP) is 3.10. The first-order valence-corrected chi connectivity index (χ1v) is 9.51. The minimum absolute atomic E-state index is 0.0137. The molecule has 2 aromatic rings. The van der Waals surface area contributed by atoms with Gasteiger partial charge in [-0.15, -0.1) is 0 Å². The van der Waals surface area contributed by atoms with Gasteiger partial charge in [0, 0.05) is 24.2 Å². The highest BCUT2D eigenvalue weighted by Crippen LogP contribution is 2.27. The van der Waals surface area contributed by atoms with Crippen molar-refractivity contribution in [3.8, 4) is 17.4 Å². The van der Waals surface area contributed by atoms with E-state index >= 15 is 0 Å². The number of amides is 1. The number of nitrogens with zero attached hydrogens (tertiary/aromatic N) is 2. The average Bonchev–Trinajstić information content (AvgIpc) is 3.01. The lowest BCUT2D eigenvalue weighted by Crippen LogP contribution is -2.41. The number of ether oxygens (including phenoxy) is 2. The fourth-order valence-corrected chi connectivity index (χ4v) is 3.92. The summed E-state index contributed by atoms with van der Waals surface area (Å²) in [4.78, 5) is 19.2. The van der Waals surface area contributed by atoms with Gasteiger partial charge in [-0.3, -0.25) is 4.79 Å². The van der Waals surface area contributed by atoms with E-state index in [9.17, 15) is 4.79 Å². The summed E-state index contributed by atoms with van der Waals surface area (Å²) >= 11 is 0. The van der Waals surface area contributed by atoms with Crippen molar-refractivity contribution >= 4 is 5.91 Å². The van der Waals surface area contributed by atoms with Crippen LogP contribution >= 0.6 is 0 Å². The standard InChI is InChI=1S/C21H25N3O3/c1-26-20-7-6-19(13-22-20)27-18-4-2-16(3-5-18)21(25)23-17-12-15-8-10-24(14-17)11-9-15/h2-7,13,15,17H,8-12,14H2,1H3,(H,23,25). The Hall–Kier alpha value is -2.60. The quantitative estimate of drug-likeness (QED) is 0.880. The number of carbonyl (C=O) groups excluding carboxylic acids is 1. The van der Waals surface area contributed by atoms with Crippen molar-refractivity contribution in [3.05, 3.63) is 48.2 Å². The summed E-state index contributed by atoms with van der Waals surface area (Å²) in [6.07, 6.45) is 5.22. The molecule has 1 aromatic carbocycles. The number of carbonyl (C=O) groups is 1. The Morgan fingerprint density at radius 3 is 2.52 bits per heavy atom. The molecule has 27 heavy (non-hydrogen) atoms. The Labute approximate surface area is 159 Å². The van der Waals surface area contributed by atoms with E-state index in [0.29, 0.717) is 22.9 Å². The van der Waals surface area contributed by atoms with Crippen LogP contribution in [0.5, 0.6) is 17.4 Å². The number of aromatic nitrogens is 1. The SMILES string of the molecule is COc1ccc(Oc2ccc(C(=O)NC3CC4CCN(CC4)C3)cc2)cn1. The second-order valence-electron chi connectivity index (χ2n) is 7.31. The van der Waals surface area contributed by atoms with Gasteiger partial charge in [-0.2, -0.15) is 0 Å². The van der Waals surface area contributed by atoms with Crippen LogP contribution in [0.1, 0.15) is 29.6 Å². The molecule has 142 valence electrons. The Bertz CT molecular complexity index is 754. The molecule has 3 saturated heterocycles. The minimum atomic E-state index is -0.0137. The fourth-order valence-electron chi connectivity index (χ4n) is 3.92. The van der Waals surface area contributed by atoms with Crippen molar-refractivity contribution < 1.29 is 14.3 Å². The molecule has 1 atom stereocenters. The van der Waals surface area contributed by atoms with Crippen LogP contribution in [0.15, 0.2) is 42.6 Å². The highest BCUT2D eigenvalue weighted by atomic mass is 16.5. The summed E-state index contributed by atoms with van der Waals surface area (Å²) in [6.45, 7) is 3.31. The maximum Gasteiger partial charge on any atom is 0.251 e. The van der Waals surface area contributed by atoms with Crippen LogP contribution in [0.3, 0.4) is 0 Å². The van der Waals surface area contributed by atoms with Crippen molar-refractivity contribution in [1.82, 2.24) is 15.2 Å². The van der Waals surface area contributed by atoms with Gasteiger partial charge in [0.05, 0.1) is 13.3 Å². The molecule has 1 amide bonds. The zero-order chi connectivity index (χ0) is 18.6. The van der Waals surface area contributed by atoms with E-state index in [1.54, 1.807) is 49.7 Å². The van der Waals surface area contributed by atoms with Crippen molar-refractivity contribution in [2.45, 2.75) is 25.3 Å². The van der Waals surface area contributed by atoms with Crippen LogP contribution in [-0.2, 0) is 0 Å². The first-order valence-electron chi connectivity index (χ1n) is 9.51. The number of methoxy groups -OCH3 is 1. The fraction of sp³-hybridized carbons (Fsp3) is 0.429. The minimum Gasteiger partial charge on any atom is -0.481 e. The lowest BCUT2D eigenvalue weighted by atomic mass is 9.94. The molecule has 5 rings (SSSR count). The van der Waals surface area contributed by atoms with E-state index in [4.69, 9.17) is 9.47 Å². The number of fused-ring (bicyclic) bond motifs is 4. The number of nitrogens with one attached hydrogen (secondary N) is 1. The van der Waals surface area contributed by atoms with Gasteiger partial charge in [0.25, 0.3) is 5.91 Å². The topological polar surface area (TPSA) is 63.7 Å². The zero-order valence-electron chi connectivity index (χ0n) is 15.6. The number of rotatable bonds is 5. The monoisotopic (exact) mass is 367 g/mol. The lowest BCUT2D eigenvalue weighted by molar-refractivity contribution is 0.0929. The number of hydrogen-bond donors (Lipinski definition) is 1. The first-order chi connectivity index (χ1) is 13.2. The van der Waals surface area contributed by atoms with Crippen molar-refractivity contribution in [2.75, 3.05) is 26.7 Å². The van der Waals surface area contributed by atoms with Crippen LogP contribution in [0, 0.1) is 5.92 Å². The first kappa shape index (κ1) is 17.8. The molecule has 2 bridgehead atoms. The van der Waals surface area contributed by atoms with E-state index in [1.165, 1.54) is 25.9 Å². The number of pyridine rings is 1. The van der Waals surface area contributed by atoms with Crippen LogP contribution in [-0.4, -0.2) is 48.6 Å². The Morgan fingerprint density at radius 2 is 1.85 bits per heavy atom. The summed E-state index contributed by atoms with van der Waals surface area (Å²) in [7, 11) is 1.57. The third kappa shape index (κ3) is 4.39. The van der Waals surface area contributed by atoms with E-state index < -0.39 is 0 Å². The molecule has 0 spiro atoms. The maximum atomic E-state index is 12.6. The van der Waals surface area contributed by atoms with Crippen LogP contribution in [0.4, 0.5) is 0 Å².